The summed E-state index contributed by atoms with van der Waals surface area (Å²) in [6.07, 6.45) is 4.45. The van der Waals surface area contributed by atoms with Gasteiger partial charge in [-0.15, -0.1) is 0 Å². The summed E-state index contributed by atoms with van der Waals surface area (Å²) in [6.45, 7) is 14.1. The SMILES string of the molecule is C[Si](C)(C)/C=C\C=C/[Si](C)(C)C. The van der Waals surface area contributed by atoms with Crippen molar-refractivity contribution in [1.82, 2.24) is 0 Å². The number of hydrogen-bond donors (Lipinski definition) is 0. The van der Waals surface area contributed by atoms with Crippen LogP contribution in [0.5, 0.6) is 0 Å². The number of rotatable bonds is 3. The van der Waals surface area contributed by atoms with E-state index in [1.54, 1.807) is 0 Å². The highest BCUT2D eigenvalue weighted by molar-refractivity contribution is 6.81. The third-order valence-electron chi connectivity index (χ3n) is 1.30. The predicted molar refractivity (Wildman–Crippen MR) is 65.0 cm³/mol. The first kappa shape index (κ1) is 11.9. The van der Waals surface area contributed by atoms with Gasteiger partial charge in [0.15, 0.2) is 0 Å². The monoisotopic (exact) mass is 198 g/mol. The topological polar surface area (TPSA) is 0 Å². The molecule has 0 nitrogen and oxygen atoms in total. The zero-order valence-electron chi connectivity index (χ0n) is 9.31. The van der Waals surface area contributed by atoms with Gasteiger partial charge in [0.25, 0.3) is 0 Å². The van der Waals surface area contributed by atoms with E-state index in [2.05, 4.69) is 62.8 Å². The van der Waals surface area contributed by atoms with E-state index in [0.717, 1.165) is 0 Å². The summed E-state index contributed by atoms with van der Waals surface area (Å²) in [5, 5.41) is 0. The van der Waals surface area contributed by atoms with Gasteiger partial charge >= 0.3 is 0 Å². The largest absolute Gasteiger partial charge is 0.0950 e. The third kappa shape index (κ3) is 9.91. The minimum absolute atomic E-state index is 0.970. The molecule has 0 aromatic carbocycles. The van der Waals surface area contributed by atoms with Crippen molar-refractivity contribution in [3.63, 3.8) is 0 Å². The smallest absolute Gasteiger partial charge is 0.0686 e. The van der Waals surface area contributed by atoms with Gasteiger partial charge in [0, 0.05) is 0 Å². The maximum absolute atomic E-state index is 2.38. The van der Waals surface area contributed by atoms with Crippen molar-refractivity contribution in [2.45, 2.75) is 39.3 Å². The summed E-state index contributed by atoms with van der Waals surface area (Å²) in [7, 11) is -1.94. The van der Waals surface area contributed by atoms with Gasteiger partial charge < -0.3 is 0 Å². The van der Waals surface area contributed by atoms with Crippen LogP contribution in [0.1, 0.15) is 0 Å². The quantitative estimate of drug-likeness (QED) is 0.477. The van der Waals surface area contributed by atoms with Crippen molar-refractivity contribution < 1.29 is 0 Å². The Hall–Kier alpha value is -0.0862. The third-order valence-corrected chi connectivity index (χ3v) is 3.69. The Morgan fingerprint density at radius 3 is 1.00 bits per heavy atom. The Morgan fingerprint density at radius 1 is 0.583 bits per heavy atom. The van der Waals surface area contributed by atoms with Gasteiger partial charge in [-0.25, -0.2) is 0 Å². The molecule has 0 heterocycles. The van der Waals surface area contributed by atoms with Crippen LogP contribution >= 0.6 is 0 Å². The van der Waals surface area contributed by atoms with Gasteiger partial charge in [-0.3, -0.25) is 0 Å². The molecule has 0 amide bonds. The van der Waals surface area contributed by atoms with Crippen molar-refractivity contribution in [2.75, 3.05) is 0 Å². The van der Waals surface area contributed by atoms with E-state index < -0.39 is 16.1 Å². The first-order valence-electron chi connectivity index (χ1n) is 4.58. The molecule has 0 aliphatic carbocycles. The van der Waals surface area contributed by atoms with Crippen molar-refractivity contribution in [1.29, 1.82) is 0 Å². The van der Waals surface area contributed by atoms with E-state index in [1.807, 2.05) is 0 Å². The first-order chi connectivity index (χ1) is 5.21. The van der Waals surface area contributed by atoms with Crippen LogP contribution in [0.3, 0.4) is 0 Å². The molecule has 0 saturated carbocycles. The average molecular weight is 198 g/mol. The average Bonchev–Trinajstić information content (AvgIpc) is 1.76. The van der Waals surface area contributed by atoms with Crippen LogP contribution in [-0.2, 0) is 0 Å². The first-order valence-corrected chi connectivity index (χ1v) is 11.7. The molecule has 0 aliphatic heterocycles. The molecule has 0 aromatic heterocycles. The summed E-state index contributed by atoms with van der Waals surface area (Å²) < 4.78 is 0. The Kier molecular flexibility index (Phi) is 4.21. The van der Waals surface area contributed by atoms with Crippen LogP contribution in [0.25, 0.3) is 0 Å². The minimum Gasteiger partial charge on any atom is -0.0950 e. The summed E-state index contributed by atoms with van der Waals surface area (Å²) in [5.74, 6) is 0. The molecule has 0 unspecified atom stereocenters. The maximum atomic E-state index is 2.38. The van der Waals surface area contributed by atoms with Crippen molar-refractivity contribution in [3.05, 3.63) is 23.6 Å². The van der Waals surface area contributed by atoms with Crippen LogP contribution in [0, 0.1) is 0 Å². The Morgan fingerprint density at radius 2 is 0.833 bits per heavy atom. The van der Waals surface area contributed by atoms with Crippen LogP contribution in [-0.4, -0.2) is 16.1 Å². The molecule has 0 spiro atoms. The van der Waals surface area contributed by atoms with Gasteiger partial charge in [0.1, 0.15) is 0 Å². The van der Waals surface area contributed by atoms with Gasteiger partial charge in [0.2, 0.25) is 0 Å². The standard InChI is InChI=1S/C10H22Si2/c1-11(2,3)9-7-8-10-12(4,5)6/h7-10H,1-6H3/b9-7-,10-8-. The summed E-state index contributed by atoms with van der Waals surface area (Å²) >= 11 is 0. The molecule has 0 N–H and O–H groups in total. The second-order valence-electron chi connectivity index (χ2n) is 5.45. The molecule has 0 aromatic rings. The Balaban J connectivity index is 4.00. The zero-order valence-corrected chi connectivity index (χ0v) is 11.3. The van der Waals surface area contributed by atoms with Gasteiger partial charge in [0.05, 0.1) is 16.1 Å². The molecule has 0 aliphatic rings. The molecule has 0 rings (SSSR count). The molecule has 12 heavy (non-hydrogen) atoms. The lowest BCUT2D eigenvalue weighted by atomic mass is 10.6. The highest BCUT2D eigenvalue weighted by atomic mass is 28.3. The maximum Gasteiger partial charge on any atom is 0.0686 e. The lowest BCUT2D eigenvalue weighted by Crippen LogP contribution is -2.16. The predicted octanol–water partition coefficient (Wildman–Crippen LogP) is 3.85. The van der Waals surface area contributed by atoms with Gasteiger partial charge in [-0.2, -0.15) is 0 Å². The fourth-order valence-electron chi connectivity index (χ4n) is 0.688. The van der Waals surface area contributed by atoms with E-state index in [1.165, 1.54) is 0 Å². The van der Waals surface area contributed by atoms with Crippen molar-refractivity contribution in [2.24, 2.45) is 0 Å². The van der Waals surface area contributed by atoms with Gasteiger partial charge in [-0.1, -0.05) is 62.8 Å². The zero-order chi connectivity index (χ0) is 9.83. The lowest BCUT2D eigenvalue weighted by molar-refractivity contribution is 1.74. The molecule has 0 saturated heterocycles. The summed E-state index contributed by atoms with van der Waals surface area (Å²) in [4.78, 5) is 0. The Labute approximate surface area is 79.4 Å². The van der Waals surface area contributed by atoms with E-state index in [9.17, 15) is 0 Å². The lowest BCUT2D eigenvalue weighted by Gasteiger charge is -2.08. The molecular formula is C10H22Si2. The molecule has 0 bridgehead atoms. The Bertz CT molecular complexity index is 155. The van der Waals surface area contributed by atoms with E-state index in [4.69, 9.17) is 0 Å². The van der Waals surface area contributed by atoms with Crippen LogP contribution in [0.15, 0.2) is 23.6 Å². The van der Waals surface area contributed by atoms with E-state index in [0.29, 0.717) is 0 Å². The van der Waals surface area contributed by atoms with Crippen LogP contribution < -0.4 is 0 Å². The van der Waals surface area contributed by atoms with Crippen molar-refractivity contribution in [3.8, 4) is 0 Å². The normalized spacial score (nSPS) is 14.8. The molecular weight excluding hydrogens is 176 g/mol. The fourth-order valence-corrected chi connectivity index (χ4v) is 2.07. The second kappa shape index (κ2) is 4.24. The van der Waals surface area contributed by atoms with Crippen LogP contribution in [0.2, 0.25) is 39.3 Å². The summed E-state index contributed by atoms with van der Waals surface area (Å²) in [6, 6.07) is 0. The van der Waals surface area contributed by atoms with E-state index >= 15 is 0 Å². The molecule has 0 radical (unpaired) electrons. The highest BCUT2D eigenvalue weighted by Crippen LogP contribution is 2.04. The number of allylic oxidation sites excluding steroid dienone is 2. The molecule has 0 atom stereocenters. The van der Waals surface area contributed by atoms with Gasteiger partial charge in [-0.05, 0) is 0 Å². The van der Waals surface area contributed by atoms with Crippen molar-refractivity contribution >= 4 is 16.1 Å². The number of hydrogen-bond acceptors (Lipinski definition) is 0. The van der Waals surface area contributed by atoms with E-state index in [-0.39, 0.29) is 0 Å². The second-order valence-corrected chi connectivity index (χ2v) is 15.6. The minimum atomic E-state index is -0.970. The van der Waals surface area contributed by atoms with Crippen LogP contribution in [0.4, 0.5) is 0 Å². The summed E-state index contributed by atoms with van der Waals surface area (Å²) in [5.41, 5.74) is 4.76. The fraction of sp³-hybridized carbons (Fsp3) is 0.600. The molecule has 2 heteroatoms. The molecule has 70 valence electrons. The molecule has 0 fully saturated rings. The highest BCUT2D eigenvalue weighted by Gasteiger charge is 2.07.